The number of pyridine rings is 1. The minimum absolute atomic E-state index is 0.299. The molecule has 108 valence electrons. The molecule has 0 aliphatic carbocycles. The third kappa shape index (κ3) is 3.86. The largest absolute Gasteiger partial charge is 0.480 e. The lowest BCUT2D eigenvalue weighted by molar-refractivity contribution is -0.141. The number of hydrogen-bond acceptors (Lipinski definition) is 4. The van der Waals surface area contributed by atoms with Gasteiger partial charge in [-0.15, -0.1) is 0 Å². The Labute approximate surface area is 121 Å². The lowest BCUT2D eigenvalue weighted by Crippen LogP contribution is -2.54. The van der Waals surface area contributed by atoms with Crippen LogP contribution < -0.4 is 5.32 Å². The van der Waals surface area contributed by atoms with Gasteiger partial charge in [0, 0.05) is 37.0 Å². The number of nitrogens with one attached hydrogen (secondary N) is 1. The van der Waals surface area contributed by atoms with Crippen molar-refractivity contribution in [3.63, 3.8) is 0 Å². The maximum absolute atomic E-state index is 12.0. The van der Waals surface area contributed by atoms with Gasteiger partial charge in [0.2, 0.25) is 0 Å². The van der Waals surface area contributed by atoms with Gasteiger partial charge >= 0.3 is 12.0 Å². The Bertz CT molecular complexity index is 469. The SMILES string of the molecule is O=C(O)C1CSCCN1C(=O)NCCc1ccncc1. The normalized spacial score (nSPS) is 18.6. The molecule has 1 aliphatic heterocycles. The number of thioether (sulfide) groups is 1. The van der Waals surface area contributed by atoms with Gasteiger partial charge in [-0.25, -0.2) is 9.59 Å². The molecule has 1 aromatic rings. The van der Waals surface area contributed by atoms with Crippen molar-refractivity contribution in [2.24, 2.45) is 0 Å². The molecule has 2 heterocycles. The first-order valence-corrected chi connectivity index (χ1v) is 7.58. The van der Waals surface area contributed by atoms with Crippen molar-refractivity contribution in [2.75, 3.05) is 24.6 Å². The van der Waals surface area contributed by atoms with Gasteiger partial charge in [0.15, 0.2) is 0 Å². The topological polar surface area (TPSA) is 82.5 Å². The van der Waals surface area contributed by atoms with E-state index in [0.717, 1.165) is 11.3 Å². The lowest BCUT2D eigenvalue weighted by atomic mass is 10.2. The maximum Gasteiger partial charge on any atom is 0.327 e. The number of carboxylic acid groups (broad SMARTS) is 1. The van der Waals surface area contributed by atoms with Gasteiger partial charge in [-0.1, -0.05) is 0 Å². The Kier molecular flexibility index (Phi) is 5.23. The Morgan fingerprint density at radius 3 is 2.90 bits per heavy atom. The van der Waals surface area contributed by atoms with Gasteiger partial charge < -0.3 is 15.3 Å². The third-order valence-electron chi connectivity index (χ3n) is 3.11. The van der Waals surface area contributed by atoms with Gasteiger partial charge in [-0.2, -0.15) is 11.8 Å². The summed E-state index contributed by atoms with van der Waals surface area (Å²) in [6, 6.07) is 2.76. The van der Waals surface area contributed by atoms with E-state index in [-0.39, 0.29) is 6.03 Å². The molecule has 2 amide bonds. The van der Waals surface area contributed by atoms with E-state index in [0.29, 0.717) is 25.3 Å². The predicted octanol–water partition coefficient (Wildman–Crippen LogP) is 0.836. The summed E-state index contributed by atoms with van der Waals surface area (Å²) in [4.78, 5) is 28.5. The fourth-order valence-electron chi connectivity index (χ4n) is 2.02. The molecule has 1 fully saturated rings. The van der Waals surface area contributed by atoms with E-state index < -0.39 is 12.0 Å². The highest BCUT2D eigenvalue weighted by Gasteiger charge is 2.32. The average Bonchev–Trinajstić information content (AvgIpc) is 2.48. The predicted molar refractivity (Wildman–Crippen MR) is 76.8 cm³/mol. The minimum Gasteiger partial charge on any atom is -0.480 e. The highest BCUT2D eigenvalue weighted by Crippen LogP contribution is 2.16. The number of carboxylic acids is 1. The molecule has 6 nitrogen and oxygen atoms in total. The Morgan fingerprint density at radius 1 is 1.45 bits per heavy atom. The minimum atomic E-state index is -0.943. The molecule has 1 saturated heterocycles. The second-order valence-electron chi connectivity index (χ2n) is 4.46. The summed E-state index contributed by atoms with van der Waals surface area (Å²) in [6.07, 6.45) is 4.12. The number of amides is 2. The van der Waals surface area contributed by atoms with Crippen LogP contribution in [0.1, 0.15) is 5.56 Å². The molecule has 2 N–H and O–H groups in total. The Morgan fingerprint density at radius 2 is 2.20 bits per heavy atom. The molecule has 2 rings (SSSR count). The van der Waals surface area contributed by atoms with Crippen molar-refractivity contribution >= 4 is 23.8 Å². The van der Waals surface area contributed by atoms with Crippen molar-refractivity contribution in [3.05, 3.63) is 30.1 Å². The van der Waals surface area contributed by atoms with E-state index in [1.165, 1.54) is 4.90 Å². The fraction of sp³-hybridized carbons (Fsp3) is 0.462. The van der Waals surface area contributed by atoms with E-state index in [1.54, 1.807) is 24.2 Å². The molecule has 0 aromatic carbocycles. The fourth-order valence-corrected chi connectivity index (χ4v) is 3.05. The number of carbonyl (C=O) groups excluding carboxylic acids is 1. The van der Waals surface area contributed by atoms with Gasteiger partial charge in [0.25, 0.3) is 0 Å². The summed E-state index contributed by atoms with van der Waals surface area (Å²) in [5.74, 6) is 0.288. The summed E-state index contributed by atoms with van der Waals surface area (Å²) in [6.45, 7) is 0.960. The first-order chi connectivity index (χ1) is 9.68. The van der Waals surface area contributed by atoms with Crippen LogP contribution in [0.2, 0.25) is 0 Å². The quantitative estimate of drug-likeness (QED) is 0.860. The van der Waals surface area contributed by atoms with Crippen molar-refractivity contribution in [3.8, 4) is 0 Å². The van der Waals surface area contributed by atoms with Crippen LogP contribution in [-0.4, -0.2) is 57.6 Å². The molecule has 7 heteroatoms. The van der Waals surface area contributed by atoms with Gasteiger partial charge in [0.1, 0.15) is 6.04 Å². The highest BCUT2D eigenvalue weighted by atomic mass is 32.2. The smallest absolute Gasteiger partial charge is 0.327 e. The second-order valence-corrected chi connectivity index (χ2v) is 5.61. The first kappa shape index (κ1) is 14.6. The van der Waals surface area contributed by atoms with E-state index in [4.69, 9.17) is 5.11 Å². The van der Waals surface area contributed by atoms with E-state index in [9.17, 15) is 9.59 Å². The maximum atomic E-state index is 12.0. The Hall–Kier alpha value is -1.76. The summed E-state index contributed by atoms with van der Waals surface area (Å²) in [7, 11) is 0. The Balaban J connectivity index is 1.83. The number of aromatic nitrogens is 1. The summed E-state index contributed by atoms with van der Waals surface area (Å²) < 4.78 is 0. The molecule has 1 unspecified atom stereocenters. The molecule has 0 radical (unpaired) electrons. The summed E-state index contributed by atoms with van der Waals surface area (Å²) in [5, 5.41) is 11.9. The van der Waals surface area contributed by atoms with E-state index in [1.807, 2.05) is 12.1 Å². The highest BCUT2D eigenvalue weighted by molar-refractivity contribution is 7.99. The van der Waals surface area contributed by atoms with E-state index >= 15 is 0 Å². The number of hydrogen-bond donors (Lipinski definition) is 2. The molecule has 0 bridgehead atoms. The zero-order valence-electron chi connectivity index (χ0n) is 11.0. The first-order valence-electron chi connectivity index (χ1n) is 6.42. The standard InChI is InChI=1S/C13H17N3O3S/c17-12(18)11-9-20-8-7-16(11)13(19)15-6-3-10-1-4-14-5-2-10/h1-2,4-5,11H,3,6-9H2,(H,15,19)(H,17,18). The van der Waals surface area contributed by atoms with E-state index in [2.05, 4.69) is 10.3 Å². The summed E-state index contributed by atoms with van der Waals surface area (Å²) in [5.41, 5.74) is 1.09. The van der Waals surface area contributed by atoms with Crippen LogP contribution in [0.3, 0.4) is 0 Å². The van der Waals surface area contributed by atoms with Crippen molar-refractivity contribution < 1.29 is 14.7 Å². The molecule has 1 atom stereocenters. The van der Waals surface area contributed by atoms with Crippen LogP contribution in [0.5, 0.6) is 0 Å². The van der Waals surface area contributed by atoms with Gasteiger partial charge in [0.05, 0.1) is 0 Å². The van der Waals surface area contributed by atoms with Crippen LogP contribution in [0.15, 0.2) is 24.5 Å². The lowest BCUT2D eigenvalue weighted by Gasteiger charge is -2.32. The molecular weight excluding hydrogens is 278 g/mol. The van der Waals surface area contributed by atoms with Crippen LogP contribution >= 0.6 is 11.8 Å². The summed E-state index contributed by atoms with van der Waals surface area (Å²) >= 11 is 1.56. The zero-order chi connectivity index (χ0) is 14.4. The van der Waals surface area contributed by atoms with Crippen LogP contribution in [0.4, 0.5) is 4.79 Å². The molecule has 20 heavy (non-hydrogen) atoms. The molecule has 1 aliphatic rings. The van der Waals surface area contributed by atoms with Gasteiger partial charge in [-0.05, 0) is 24.1 Å². The number of urea groups is 1. The molecule has 1 aromatic heterocycles. The monoisotopic (exact) mass is 295 g/mol. The van der Waals surface area contributed by atoms with Crippen molar-refractivity contribution in [1.82, 2.24) is 15.2 Å². The van der Waals surface area contributed by atoms with Crippen LogP contribution in [0.25, 0.3) is 0 Å². The zero-order valence-corrected chi connectivity index (χ0v) is 11.8. The second kappa shape index (κ2) is 7.14. The molecule has 0 saturated carbocycles. The van der Waals surface area contributed by atoms with Crippen molar-refractivity contribution in [1.29, 1.82) is 0 Å². The third-order valence-corrected chi connectivity index (χ3v) is 4.14. The number of aliphatic carboxylic acids is 1. The van der Waals surface area contributed by atoms with Crippen molar-refractivity contribution in [2.45, 2.75) is 12.5 Å². The molecule has 0 spiro atoms. The van der Waals surface area contributed by atoms with Crippen LogP contribution in [0, 0.1) is 0 Å². The number of carbonyl (C=O) groups is 2. The molecular formula is C13H17N3O3S. The van der Waals surface area contributed by atoms with Crippen LogP contribution in [-0.2, 0) is 11.2 Å². The van der Waals surface area contributed by atoms with Gasteiger partial charge in [-0.3, -0.25) is 4.98 Å². The average molecular weight is 295 g/mol. The number of nitrogens with zero attached hydrogens (tertiary/aromatic N) is 2. The number of rotatable bonds is 4.